The van der Waals surface area contributed by atoms with Gasteiger partial charge in [0.05, 0.1) is 11.1 Å². The van der Waals surface area contributed by atoms with Crippen molar-refractivity contribution in [2.75, 3.05) is 0 Å². The third kappa shape index (κ3) is 1.87. The Morgan fingerprint density at radius 3 is 2.53 bits per heavy atom. The van der Waals surface area contributed by atoms with E-state index in [4.69, 9.17) is 5.11 Å². The van der Waals surface area contributed by atoms with Crippen molar-refractivity contribution in [3.63, 3.8) is 0 Å². The first-order valence-electron chi connectivity index (χ1n) is 5.04. The van der Waals surface area contributed by atoms with Gasteiger partial charge in [-0.05, 0) is 18.6 Å². The molecule has 0 aliphatic rings. The number of carboxylic acid groups (broad SMARTS) is 2. The minimum atomic E-state index is -1.04. The van der Waals surface area contributed by atoms with E-state index in [9.17, 15) is 14.7 Å². The second kappa shape index (κ2) is 3.93. The van der Waals surface area contributed by atoms with Crippen LogP contribution in [0.2, 0.25) is 0 Å². The summed E-state index contributed by atoms with van der Waals surface area (Å²) < 4.78 is 1.44. The molecule has 1 aromatic carbocycles. The van der Waals surface area contributed by atoms with Gasteiger partial charge in [0, 0.05) is 11.6 Å². The number of aromatic nitrogens is 1. The summed E-state index contributed by atoms with van der Waals surface area (Å²) in [4.78, 5) is 21.9. The van der Waals surface area contributed by atoms with Crippen molar-refractivity contribution in [3.05, 3.63) is 35.5 Å². The lowest BCUT2D eigenvalue weighted by Crippen LogP contribution is -2.10. The topological polar surface area (TPSA) is 79.5 Å². The summed E-state index contributed by atoms with van der Waals surface area (Å²) in [5.74, 6) is -2.04. The fraction of sp³-hybridized carbons (Fsp3) is 0.167. The number of benzene rings is 1. The molecule has 2 aromatic rings. The van der Waals surface area contributed by atoms with E-state index in [1.165, 1.54) is 4.57 Å². The van der Waals surface area contributed by atoms with Crippen LogP contribution in [0, 0.1) is 6.92 Å². The molecule has 0 fully saturated rings. The van der Waals surface area contributed by atoms with Gasteiger partial charge in [0.25, 0.3) is 0 Å². The number of rotatable bonds is 3. The average molecular weight is 233 g/mol. The van der Waals surface area contributed by atoms with Gasteiger partial charge in [-0.2, -0.15) is 0 Å². The minimum Gasteiger partial charge on any atom is -0.480 e. The molecule has 5 heteroatoms. The Labute approximate surface area is 96.9 Å². The summed E-state index contributed by atoms with van der Waals surface area (Å²) in [6.07, 6.45) is 1.59. The van der Waals surface area contributed by atoms with Crippen LogP contribution in [0.15, 0.2) is 24.4 Å². The molecule has 0 bridgehead atoms. The summed E-state index contributed by atoms with van der Waals surface area (Å²) in [7, 11) is 0. The highest BCUT2D eigenvalue weighted by molar-refractivity contribution is 6.04. The molecule has 5 nitrogen and oxygen atoms in total. The molecule has 0 unspecified atom stereocenters. The summed E-state index contributed by atoms with van der Waals surface area (Å²) in [5.41, 5.74) is 1.24. The van der Waals surface area contributed by atoms with Crippen LogP contribution in [0.25, 0.3) is 10.9 Å². The number of aryl methyl sites for hydroxylation is 1. The second-order valence-electron chi connectivity index (χ2n) is 3.84. The lowest BCUT2D eigenvalue weighted by molar-refractivity contribution is -0.137. The van der Waals surface area contributed by atoms with Gasteiger partial charge in [-0.15, -0.1) is 0 Å². The van der Waals surface area contributed by atoms with Crippen LogP contribution in [-0.4, -0.2) is 26.7 Å². The number of fused-ring (bicyclic) bond motifs is 1. The van der Waals surface area contributed by atoms with E-state index in [-0.39, 0.29) is 12.1 Å². The third-order valence-corrected chi connectivity index (χ3v) is 2.66. The van der Waals surface area contributed by atoms with Crippen LogP contribution in [0.3, 0.4) is 0 Å². The summed E-state index contributed by atoms with van der Waals surface area (Å²) in [5, 5.41) is 18.7. The number of aromatic carboxylic acids is 1. The molecule has 1 heterocycles. The molecular weight excluding hydrogens is 222 g/mol. The number of aliphatic carboxylic acids is 1. The van der Waals surface area contributed by atoms with Crippen molar-refractivity contribution in [2.24, 2.45) is 0 Å². The lowest BCUT2D eigenvalue weighted by atomic mass is 10.1. The molecule has 0 aliphatic carbocycles. The van der Waals surface area contributed by atoms with Crippen LogP contribution < -0.4 is 0 Å². The molecule has 2 N–H and O–H groups in total. The first-order chi connectivity index (χ1) is 8.00. The fourth-order valence-corrected chi connectivity index (χ4v) is 1.94. The van der Waals surface area contributed by atoms with Crippen LogP contribution in [0.5, 0.6) is 0 Å². The molecule has 0 atom stereocenters. The lowest BCUT2D eigenvalue weighted by Gasteiger charge is -2.07. The van der Waals surface area contributed by atoms with Gasteiger partial charge >= 0.3 is 11.9 Å². The Balaban J connectivity index is 2.75. The normalized spacial score (nSPS) is 10.6. The zero-order valence-corrected chi connectivity index (χ0v) is 9.17. The largest absolute Gasteiger partial charge is 0.480 e. The second-order valence-corrected chi connectivity index (χ2v) is 3.84. The maximum absolute atomic E-state index is 11.2. The van der Waals surface area contributed by atoms with E-state index in [1.54, 1.807) is 31.3 Å². The van der Waals surface area contributed by atoms with Crippen molar-refractivity contribution in [1.82, 2.24) is 4.57 Å². The molecule has 88 valence electrons. The fourth-order valence-electron chi connectivity index (χ4n) is 1.94. The van der Waals surface area contributed by atoms with E-state index in [2.05, 4.69) is 0 Å². The average Bonchev–Trinajstić information content (AvgIpc) is 2.60. The Morgan fingerprint density at radius 2 is 1.94 bits per heavy atom. The van der Waals surface area contributed by atoms with Gasteiger partial charge in [-0.3, -0.25) is 4.79 Å². The van der Waals surface area contributed by atoms with E-state index < -0.39 is 11.9 Å². The van der Waals surface area contributed by atoms with Crippen molar-refractivity contribution in [1.29, 1.82) is 0 Å². The minimum absolute atomic E-state index is 0.161. The molecule has 0 saturated heterocycles. The van der Waals surface area contributed by atoms with E-state index in [1.807, 2.05) is 0 Å². The summed E-state index contributed by atoms with van der Waals surface area (Å²) in [6.45, 7) is 1.45. The van der Waals surface area contributed by atoms with Crippen LogP contribution >= 0.6 is 0 Å². The monoisotopic (exact) mass is 233 g/mol. The standard InChI is InChI=1S/C12H11NO4/c1-7-2-3-8-4-5-13(6-9(14)15)11(8)10(7)12(16)17/h2-5H,6H2,1H3,(H,14,15)(H,16,17). The van der Waals surface area contributed by atoms with Gasteiger partial charge in [-0.1, -0.05) is 12.1 Å². The molecule has 0 saturated carbocycles. The van der Waals surface area contributed by atoms with Crippen LogP contribution in [-0.2, 0) is 11.3 Å². The number of hydrogen-bond donors (Lipinski definition) is 2. The van der Waals surface area contributed by atoms with Gasteiger partial charge < -0.3 is 14.8 Å². The molecule has 0 amide bonds. The van der Waals surface area contributed by atoms with Gasteiger partial charge in [0.1, 0.15) is 6.54 Å². The Morgan fingerprint density at radius 1 is 1.24 bits per heavy atom. The van der Waals surface area contributed by atoms with Gasteiger partial charge in [-0.25, -0.2) is 4.79 Å². The summed E-state index contributed by atoms with van der Waals surface area (Å²) >= 11 is 0. The first-order valence-corrected chi connectivity index (χ1v) is 5.04. The van der Waals surface area contributed by atoms with E-state index in [0.29, 0.717) is 11.1 Å². The Bertz CT molecular complexity index is 612. The van der Waals surface area contributed by atoms with Crippen molar-refractivity contribution in [2.45, 2.75) is 13.5 Å². The van der Waals surface area contributed by atoms with Gasteiger partial charge in [0.2, 0.25) is 0 Å². The van der Waals surface area contributed by atoms with Crippen molar-refractivity contribution in [3.8, 4) is 0 Å². The van der Waals surface area contributed by atoms with E-state index >= 15 is 0 Å². The van der Waals surface area contributed by atoms with Crippen molar-refractivity contribution >= 4 is 22.8 Å². The molecule has 0 radical (unpaired) electrons. The SMILES string of the molecule is Cc1ccc2ccn(CC(=O)O)c2c1C(=O)O. The highest BCUT2D eigenvalue weighted by Gasteiger charge is 2.16. The molecule has 2 rings (SSSR count). The third-order valence-electron chi connectivity index (χ3n) is 2.66. The molecule has 17 heavy (non-hydrogen) atoms. The molecule has 1 aromatic heterocycles. The van der Waals surface area contributed by atoms with Crippen LogP contribution in [0.1, 0.15) is 15.9 Å². The Hall–Kier alpha value is -2.30. The molecule has 0 spiro atoms. The number of nitrogens with zero attached hydrogens (tertiary/aromatic N) is 1. The zero-order chi connectivity index (χ0) is 12.6. The smallest absolute Gasteiger partial charge is 0.338 e. The van der Waals surface area contributed by atoms with E-state index in [0.717, 1.165) is 5.39 Å². The zero-order valence-electron chi connectivity index (χ0n) is 9.17. The highest BCUT2D eigenvalue weighted by atomic mass is 16.4. The summed E-state index contributed by atoms with van der Waals surface area (Å²) in [6, 6.07) is 5.22. The number of carboxylic acids is 2. The Kier molecular flexibility index (Phi) is 2.59. The number of carbonyl (C=O) groups is 2. The first kappa shape index (κ1) is 11.2. The predicted octanol–water partition coefficient (Wildman–Crippen LogP) is 1.73. The molecular formula is C12H11NO4. The maximum atomic E-state index is 11.2. The van der Waals surface area contributed by atoms with Gasteiger partial charge in [0.15, 0.2) is 0 Å². The predicted molar refractivity (Wildman–Crippen MR) is 61.3 cm³/mol. The van der Waals surface area contributed by atoms with Crippen LogP contribution in [0.4, 0.5) is 0 Å². The quantitative estimate of drug-likeness (QED) is 0.846. The maximum Gasteiger partial charge on any atom is 0.338 e. The van der Waals surface area contributed by atoms with Crippen molar-refractivity contribution < 1.29 is 19.8 Å². The highest BCUT2D eigenvalue weighted by Crippen LogP contribution is 2.23. The number of hydrogen-bond acceptors (Lipinski definition) is 2. The molecule has 0 aliphatic heterocycles.